The average Bonchev–Trinajstić information content (AvgIpc) is 2.82. The lowest BCUT2D eigenvalue weighted by Crippen LogP contribution is -2.53. The van der Waals surface area contributed by atoms with E-state index in [1.165, 1.54) is 0 Å². The van der Waals surface area contributed by atoms with E-state index in [2.05, 4.69) is 43.5 Å². The quantitative estimate of drug-likeness (QED) is 0.331. The second-order valence-corrected chi connectivity index (χ2v) is 10.9. The number of rotatable bonds is 10. The number of aldehydes is 1. The molecule has 3 N–H and O–H groups in total. The fourth-order valence-electron chi connectivity index (χ4n) is 4.86. The fraction of sp³-hybridized carbons (Fsp3) is 0.483. The van der Waals surface area contributed by atoms with E-state index in [9.17, 15) is 28.3 Å². The number of ketones is 1. The van der Waals surface area contributed by atoms with E-state index in [1.54, 1.807) is 0 Å². The van der Waals surface area contributed by atoms with Gasteiger partial charge in [-0.1, -0.05) is 45.0 Å². The standard InChI is InChI=1S/C29H36F2N2O4/c1-28(2,3)20-5-4-6-21(16-20)29(10-7-24(35)8-11-29)32-18-26(36)25(33-27(37)9-12-34)15-19-13-22(30)17-23(31)14-19/h4-6,12-14,16-17,25-26,32,36H,7-11,15,18H2,1-3H3,(H,33,37). The number of carbonyl (C=O) groups excluding carboxylic acids is 3. The van der Waals surface area contributed by atoms with E-state index in [-0.39, 0.29) is 36.1 Å². The van der Waals surface area contributed by atoms with Gasteiger partial charge >= 0.3 is 0 Å². The summed E-state index contributed by atoms with van der Waals surface area (Å²) < 4.78 is 27.5. The van der Waals surface area contributed by atoms with Crippen molar-refractivity contribution >= 4 is 18.0 Å². The van der Waals surface area contributed by atoms with Crippen LogP contribution in [0.5, 0.6) is 0 Å². The molecule has 37 heavy (non-hydrogen) atoms. The summed E-state index contributed by atoms with van der Waals surface area (Å²) in [6, 6.07) is 10.4. The molecular weight excluding hydrogens is 478 g/mol. The maximum absolute atomic E-state index is 13.8. The van der Waals surface area contributed by atoms with Crippen LogP contribution in [-0.2, 0) is 31.8 Å². The molecule has 1 amide bonds. The van der Waals surface area contributed by atoms with Crippen LogP contribution in [0, 0.1) is 11.6 Å². The molecule has 0 heterocycles. The van der Waals surface area contributed by atoms with Crippen LogP contribution in [0.1, 0.15) is 69.6 Å². The first-order chi connectivity index (χ1) is 17.4. The summed E-state index contributed by atoms with van der Waals surface area (Å²) in [5.41, 5.74) is 1.81. The molecule has 6 nitrogen and oxygen atoms in total. The van der Waals surface area contributed by atoms with Gasteiger partial charge < -0.3 is 20.5 Å². The predicted octanol–water partition coefficient (Wildman–Crippen LogP) is 3.87. The zero-order valence-electron chi connectivity index (χ0n) is 21.7. The molecule has 2 unspecified atom stereocenters. The summed E-state index contributed by atoms with van der Waals surface area (Å²) in [7, 11) is 0. The number of aliphatic hydroxyl groups excluding tert-OH is 1. The van der Waals surface area contributed by atoms with Crippen LogP contribution >= 0.6 is 0 Å². The van der Waals surface area contributed by atoms with Crippen LogP contribution in [0.15, 0.2) is 42.5 Å². The summed E-state index contributed by atoms with van der Waals surface area (Å²) in [6.07, 6.45) is 0.826. The molecule has 2 aromatic rings. The molecule has 0 bridgehead atoms. The first-order valence-corrected chi connectivity index (χ1v) is 12.7. The summed E-state index contributed by atoms with van der Waals surface area (Å²) in [5.74, 6) is -1.92. The largest absolute Gasteiger partial charge is 0.390 e. The molecule has 1 aliphatic rings. The van der Waals surface area contributed by atoms with Gasteiger partial charge in [-0.05, 0) is 53.5 Å². The molecule has 0 saturated heterocycles. The number of nitrogens with one attached hydrogen (secondary N) is 2. The van der Waals surface area contributed by atoms with Gasteiger partial charge in [0.05, 0.1) is 18.6 Å². The number of hydrogen-bond acceptors (Lipinski definition) is 5. The lowest BCUT2D eigenvalue weighted by molar-refractivity contribution is -0.125. The van der Waals surface area contributed by atoms with Gasteiger partial charge in [0, 0.05) is 31.0 Å². The number of carbonyl (C=O) groups is 3. The Morgan fingerprint density at radius 1 is 1.11 bits per heavy atom. The lowest BCUT2D eigenvalue weighted by atomic mass is 9.74. The fourth-order valence-corrected chi connectivity index (χ4v) is 4.86. The minimum atomic E-state index is -1.14. The molecular formula is C29H36F2N2O4. The van der Waals surface area contributed by atoms with Crippen molar-refractivity contribution < 1.29 is 28.3 Å². The third-order valence-electron chi connectivity index (χ3n) is 7.05. The smallest absolute Gasteiger partial charge is 0.227 e. The van der Waals surface area contributed by atoms with Crippen molar-refractivity contribution in [1.82, 2.24) is 10.6 Å². The van der Waals surface area contributed by atoms with Crippen LogP contribution < -0.4 is 10.6 Å². The maximum Gasteiger partial charge on any atom is 0.227 e. The van der Waals surface area contributed by atoms with Crippen molar-refractivity contribution in [3.63, 3.8) is 0 Å². The molecule has 2 atom stereocenters. The Morgan fingerprint density at radius 2 is 1.76 bits per heavy atom. The predicted molar refractivity (Wildman–Crippen MR) is 137 cm³/mol. The number of halogens is 2. The van der Waals surface area contributed by atoms with Gasteiger partial charge in [-0.15, -0.1) is 0 Å². The van der Waals surface area contributed by atoms with Crippen molar-refractivity contribution in [2.75, 3.05) is 6.54 Å². The van der Waals surface area contributed by atoms with Crippen LogP contribution in [-0.4, -0.2) is 41.8 Å². The van der Waals surface area contributed by atoms with E-state index in [0.717, 1.165) is 29.3 Å². The van der Waals surface area contributed by atoms with Gasteiger partial charge in [-0.3, -0.25) is 9.59 Å². The van der Waals surface area contributed by atoms with Gasteiger partial charge in [0.1, 0.15) is 23.7 Å². The highest BCUT2D eigenvalue weighted by Crippen LogP contribution is 2.37. The highest BCUT2D eigenvalue weighted by Gasteiger charge is 2.37. The Morgan fingerprint density at radius 3 is 2.35 bits per heavy atom. The topological polar surface area (TPSA) is 95.5 Å². The van der Waals surface area contributed by atoms with E-state index >= 15 is 0 Å². The van der Waals surface area contributed by atoms with Crippen molar-refractivity contribution in [1.29, 1.82) is 0 Å². The van der Waals surface area contributed by atoms with E-state index < -0.39 is 35.2 Å². The van der Waals surface area contributed by atoms with Crippen molar-refractivity contribution in [3.8, 4) is 0 Å². The average molecular weight is 515 g/mol. The first kappa shape index (κ1) is 28.6. The van der Waals surface area contributed by atoms with E-state index in [0.29, 0.717) is 32.0 Å². The Bertz CT molecular complexity index is 1100. The molecule has 8 heteroatoms. The first-order valence-electron chi connectivity index (χ1n) is 12.7. The zero-order valence-corrected chi connectivity index (χ0v) is 21.7. The highest BCUT2D eigenvalue weighted by molar-refractivity contribution is 5.88. The van der Waals surface area contributed by atoms with Crippen molar-refractivity contribution in [2.24, 2.45) is 0 Å². The van der Waals surface area contributed by atoms with Crippen LogP contribution in [0.2, 0.25) is 0 Å². The zero-order chi connectivity index (χ0) is 27.2. The minimum absolute atomic E-state index is 0.0346. The van der Waals surface area contributed by atoms with Crippen molar-refractivity contribution in [3.05, 3.63) is 70.8 Å². The molecule has 2 aromatic carbocycles. The third-order valence-corrected chi connectivity index (χ3v) is 7.05. The van der Waals surface area contributed by atoms with Gasteiger partial charge in [-0.2, -0.15) is 0 Å². The molecule has 1 aliphatic carbocycles. The summed E-state index contributed by atoms with van der Waals surface area (Å²) in [5, 5.41) is 17.2. The number of benzene rings is 2. The number of aliphatic hydroxyl groups is 1. The Hall–Kier alpha value is -2.97. The third kappa shape index (κ3) is 7.76. The van der Waals surface area contributed by atoms with Gasteiger partial charge in [-0.25, -0.2) is 8.78 Å². The molecule has 0 spiro atoms. The number of amides is 1. The monoisotopic (exact) mass is 514 g/mol. The van der Waals surface area contributed by atoms with Crippen LogP contribution in [0.25, 0.3) is 0 Å². The van der Waals surface area contributed by atoms with E-state index in [4.69, 9.17) is 0 Å². The molecule has 200 valence electrons. The van der Waals surface area contributed by atoms with Crippen LogP contribution in [0.3, 0.4) is 0 Å². The Balaban J connectivity index is 1.85. The second-order valence-electron chi connectivity index (χ2n) is 10.9. The molecule has 0 radical (unpaired) electrons. The molecule has 0 aromatic heterocycles. The van der Waals surface area contributed by atoms with E-state index in [1.807, 2.05) is 12.1 Å². The highest BCUT2D eigenvalue weighted by atomic mass is 19.1. The molecule has 3 rings (SSSR count). The molecule has 1 fully saturated rings. The summed E-state index contributed by atoms with van der Waals surface area (Å²) in [6.45, 7) is 6.43. The van der Waals surface area contributed by atoms with Gasteiger partial charge in [0.2, 0.25) is 5.91 Å². The Labute approximate surface area is 216 Å². The number of hydrogen-bond donors (Lipinski definition) is 3. The molecule has 0 aliphatic heterocycles. The second kappa shape index (κ2) is 12.0. The SMILES string of the molecule is CC(C)(C)c1cccc(C2(NCC(O)C(Cc3cc(F)cc(F)c3)NC(=O)CC=O)CCC(=O)CC2)c1. The maximum atomic E-state index is 13.8. The lowest BCUT2D eigenvalue weighted by Gasteiger charge is -2.40. The number of Topliss-reactive ketones (excluding diaryl/α,β-unsaturated/α-hetero) is 1. The van der Waals surface area contributed by atoms with Gasteiger partial charge in [0.15, 0.2) is 0 Å². The summed E-state index contributed by atoms with van der Waals surface area (Å²) >= 11 is 0. The normalized spacial score (nSPS) is 17.2. The minimum Gasteiger partial charge on any atom is -0.390 e. The van der Waals surface area contributed by atoms with Gasteiger partial charge in [0.25, 0.3) is 0 Å². The molecule has 1 saturated carbocycles. The summed E-state index contributed by atoms with van der Waals surface area (Å²) in [4.78, 5) is 35.1. The van der Waals surface area contributed by atoms with Crippen LogP contribution in [0.4, 0.5) is 8.78 Å². The van der Waals surface area contributed by atoms with Crippen molar-refractivity contribution in [2.45, 2.75) is 82.4 Å². The Kier molecular flexibility index (Phi) is 9.31.